The van der Waals surface area contributed by atoms with E-state index in [9.17, 15) is 14.0 Å². The van der Waals surface area contributed by atoms with Gasteiger partial charge in [0.1, 0.15) is 17.4 Å². The molecule has 0 saturated heterocycles. The molecule has 8 nitrogen and oxygen atoms in total. The lowest BCUT2D eigenvalue weighted by molar-refractivity contribution is -0.134. The molecule has 0 radical (unpaired) electrons. The highest BCUT2D eigenvalue weighted by Crippen LogP contribution is 2.26. The van der Waals surface area contributed by atoms with Gasteiger partial charge in [0.2, 0.25) is 5.82 Å². The number of halogens is 2. The highest BCUT2D eigenvalue weighted by Gasteiger charge is 2.20. The van der Waals surface area contributed by atoms with Crippen LogP contribution in [0.5, 0.6) is 0 Å². The first-order chi connectivity index (χ1) is 19.3. The number of aromatic nitrogens is 2. The highest BCUT2D eigenvalue weighted by atomic mass is 19.1. The van der Waals surface area contributed by atoms with Crippen LogP contribution in [0.1, 0.15) is 27.2 Å². The lowest BCUT2D eigenvalue weighted by Gasteiger charge is -2.16. The molecular weight excluding hydrogens is 520 g/mol. The third kappa shape index (κ3) is 5.80. The van der Waals surface area contributed by atoms with Gasteiger partial charge in [-0.25, -0.2) is 8.78 Å². The number of carbonyl (C=O) groups is 2. The summed E-state index contributed by atoms with van der Waals surface area (Å²) in [7, 11) is 0. The van der Waals surface area contributed by atoms with Crippen LogP contribution in [0.25, 0.3) is 34.2 Å². The van der Waals surface area contributed by atoms with E-state index in [1.807, 2.05) is 31.2 Å². The smallest absolute Gasteiger partial charge is 0.295 e. The number of rotatable bonds is 9. The average molecular weight is 544 g/mol. The Balaban J connectivity index is 1.27. The number of nitrogens with one attached hydrogen (secondary N) is 1. The molecule has 3 aromatic carbocycles. The molecule has 40 heavy (non-hydrogen) atoms. The Morgan fingerprint density at radius 2 is 1.75 bits per heavy atom. The van der Waals surface area contributed by atoms with Crippen LogP contribution in [-0.4, -0.2) is 28.7 Å². The van der Waals surface area contributed by atoms with Crippen LogP contribution in [-0.2, 0) is 16.0 Å². The summed E-state index contributed by atoms with van der Waals surface area (Å²) in [4.78, 5) is 28.1. The molecule has 1 atom stereocenters. The predicted octanol–water partition coefficient (Wildman–Crippen LogP) is 6.03. The quantitative estimate of drug-likeness (QED) is 0.179. The third-order valence-electron chi connectivity index (χ3n) is 6.20. The first kappa shape index (κ1) is 26.5. The molecule has 0 aliphatic rings. The summed E-state index contributed by atoms with van der Waals surface area (Å²) >= 11 is 0. The monoisotopic (exact) mass is 543 g/mol. The molecule has 1 unspecified atom stereocenters. The average Bonchev–Trinajstić information content (AvgIpc) is 3.62. The van der Waals surface area contributed by atoms with E-state index >= 15 is 4.39 Å². The van der Waals surface area contributed by atoms with E-state index in [0.29, 0.717) is 28.0 Å². The van der Waals surface area contributed by atoms with Gasteiger partial charge in [0, 0.05) is 17.5 Å². The van der Waals surface area contributed by atoms with E-state index in [1.54, 1.807) is 25.1 Å². The van der Waals surface area contributed by atoms with Gasteiger partial charge in [-0.15, -0.1) is 0 Å². The molecule has 10 heteroatoms. The van der Waals surface area contributed by atoms with E-state index in [4.69, 9.17) is 13.7 Å². The Morgan fingerprint density at radius 3 is 2.48 bits per heavy atom. The lowest BCUT2D eigenvalue weighted by atomic mass is 10.1. The number of aryl methyl sites for hydroxylation is 2. The maximum Gasteiger partial charge on any atom is 0.295 e. The molecule has 0 saturated carbocycles. The number of carbonyl (C=O) groups excluding carboxylic acids is 2. The fourth-order valence-electron chi connectivity index (χ4n) is 4.06. The third-order valence-corrected chi connectivity index (χ3v) is 6.20. The van der Waals surface area contributed by atoms with Crippen LogP contribution in [0, 0.1) is 25.5 Å². The molecule has 5 rings (SSSR count). The van der Waals surface area contributed by atoms with Crippen molar-refractivity contribution in [3.63, 3.8) is 0 Å². The maximum absolute atomic E-state index is 15.0. The zero-order valence-corrected chi connectivity index (χ0v) is 21.5. The summed E-state index contributed by atoms with van der Waals surface area (Å²) in [5.41, 5.74) is 3.39. The van der Waals surface area contributed by atoms with Crippen LogP contribution in [0.15, 0.2) is 81.7 Å². The summed E-state index contributed by atoms with van der Waals surface area (Å²) in [5, 5.41) is 6.44. The van der Waals surface area contributed by atoms with Gasteiger partial charge in [0.05, 0.1) is 5.56 Å². The topological polar surface area (TPSA) is 107 Å². The number of nitrogens with zero attached hydrogens (tertiary/aromatic N) is 2. The second-order valence-electron chi connectivity index (χ2n) is 9.13. The van der Waals surface area contributed by atoms with Crippen molar-refractivity contribution in [1.29, 1.82) is 0 Å². The normalized spacial score (nSPS) is 11.7. The van der Waals surface area contributed by atoms with Crippen molar-refractivity contribution in [1.82, 2.24) is 15.5 Å². The first-order valence-electron chi connectivity index (χ1n) is 12.3. The zero-order chi connectivity index (χ0) is 28.2. The van der Waals surface area contributed by atoms with Gasteiger partial charge in [0.25, 0.3) is 18.3 Å². The van der Waals surface area contributed by atoms with Crippen molar-refractivity contribution in [2.75, 3.05) is 0 Å². The lowest BCUT2D eigenvalue weighted by Crippen LogP contribution is -2.38. The predicted molar refractivity (Wildman–Crippen MR) is 141 cm³/mol. The van der Waals surface area contributed by atoms with Gasteiger partial charge in [-0.1, -0.05) is 28.9 Å². The summed E-state index contributed by atoms with van der Waals surface area (Å²) in [6.45, 7) is 3.77. The minimum atomic E-state index is -1.10. The SMILES string of the molecule is Cc1ccc(-c2nc(-c3ccc(CC(NC(=O)c4ccc(-c5ccc(F)c(C)c5)o4)OC=O)cc3F)no2)cc1. The Morgan fingerprint density at radius 1 is 0.975 bits per heavy atom. The molecule has 0 bridgehead atoms. The molecular formula is C30H23F2N3O5. The molecule has 202 valence electrons. The van der Waals surface area contributed by atoms with E-state index in [2.05, 4.69) is 15.5 Å². The number of hydrogen-bond donors (Lipinski definition) is 1. The van der Waals surface area contributed by atoms with Gasteiger partial charge in [-0.3, -0.25) is 9.59 Å². The largest absolute Gasteiger partial charge is 0.451 e. The molecule has 1 N–H and O–H groups in total. The summed E-state index contributed by atoms with van der Waals surface area (Å²) < 4.78 is 44.5. The van der Waals surface area contributed by atoms with E-state index in [1.165, 1.54) is 30.3 Å². The second-order valence-corrected chi connectivity index (χ2v) is 9.13. The number of ether oxygens (including phenoxy) is 1. The Labute approximate surface area is 227 Å². The number of benzene rings is 3. The van der Waals surface area contributed by atoms with Gasteiger partial charge in [-0.05, 0) is 79.6 Å². The zero-order valence-electron chi connectivity index (χ0n) is 21.5. The molecule has 2 heterocycles. The van der Waals surface area contributed by atoms with Crippen LogP contribution < -0.4 is 5.32 Å². The van der Waals surface area contributed by atoms with Crippen LogP contribution in [0.4, 0.5) is 8.78 Å². The fraction of sp³-hybridized carbons (Fsp3) is 0.133. The second kappa shape index (κ2) is 11.3. The Hall–Kier alpha value is -5.12. The molecule has 1 amide bonds. The number of hydrogen-bond acceptors (Lipinski definition) is 7. The van der Waals surface area contributed by atoms with E-state index < -0.39 is 18.0 Å². The van der Waals surface area contributed by atoms with Crippen LogP contribution in [0.3, 0.4) is 0 Å². The van der Waals surface area contributed by atoms with Crippen molar-refractivity contribution in [2.24, 2.45) is 0 Å². The number of amides is 1. The van der Waals surface area contributed by atoms with Crippen LogP contribution >= 0.6 is 0 Å². The molecule has 0 fully saturated rings. The molecule has 0 spiro atoms. The fourth-order valence-corrected chi connectivity index (χ4v) is 4.06. The van der Waals surface area contributed by atoms with Crippen molar-refractivity contribution < 1.29 is 32.0 Å². The summed E-state index contributed by atoms with van der Waals surface area (Å²) in [5.74, 6) is -0.948. The molecule has 0 aliphatic carbocycles. The van der Waals surface area contributed by atoms with Crippen LogP contribution in [0.2, 0.25) is 0 Å². The van der Waals surface area contributed by atoms with Gasteiger partial charge >= 0.3 is 0 Å². The van der Waals surface area contributed by atoms with Gasteiger partial charge in [-0.2, -0.15) is 4.98 Å². The minimum absolute atomic E-state index is 0.0206. The Kier molecular flexibility index (Phi) is 7.50. The van der Waals surface area contributed by atoms with Crippen molar-refractivity contribution in [2.45, 2.75) is 26.5 Å². The standard InChI is InChI=1S/C30H23F2N3O5/c1-17-3-6-20(7-4-17)30-34-28(35-40-30)22-9-5-19(14-24(22)32)15-27(38-16-36)33-29(37)26-12-11-25(39-26)21-8-10-23(31)18(2)13-21/h3-14,16,27H,15H2,1-2H3,(H,33,37). The van der Waals surface area contributed by atoms with E-state index in [-0.39, 0.29) is 41.7 Å². The maximum atomic E-state index is 15.0. The van der Waals surface area contributed by atoms with Crippen molar-refractivity contribution in [3.05, 3.63) is 107 Å². The molecule has 2 aromatic heterocycles. The summed E-state index contributed by atoms with van der Waals surface area (Å²) in [6.07, 6.45) is -1.12. The van der Waals surface area contributed by atoms with Crippen molar-refractivity contribution >= 4 is 12.4 Å². The molecule has 0 aliphatic heterocycles. The molecule has 5 aromatic rings. The number of furan rings is 1. The van der Waals surface area contributed by atoms with Crippen molar-refractivity contribution in [3.8, 4) is 34.2 Å². The highest BCUT2D eigenvalue weighted by molar-refractivity contribution is 5.92. The minimum Gasteiger partial charge on any atom is -0.451 e. The van der Waals surface area contributed by atoms with Gasteiger partial charge < -0.3 is 19.0 Å². The van der Waals surface area contributed by atoms with E-state index in [0.717, 1.165) is 5.56 Å². The first-order valence-corrected chi connectivity index (χ1v) is 12.3. The van der Waals surface area contributed by atoms with Gasteiger partial charge in [0.15, 0.2) is 12.0 Å². The summed E-state index contributed by atoms with van der Waals surface area (Å²) in [6, 6.07) is 19.3. The Bertz CT molecular complexity index is 1680.